The van der Waals surface area contributed by atoms with E-state index in [1.54, 1.807) is 0 Å². The fraction of sp³-hybridized carbons (Fsp3) is 0.0508. The van der Waals surface area contributed by atoms with Crippen molar-refractivity contribution in [1.82, 2.24) is 0 Å². The molecule has 0 N–H and O–H groups in total. The molecule has 0 atom stereocenters. The van der Waals surface area contributed by atoms with Crippen LogP contribution in [0, 0.1) is 0 Å². The first kappa shape index (κ1) is 37.6. The summed E-state index contributed by atoms with van der Waals surface area (Å²) in [5, 5.41) is 0. The monoisotopic (exact) mass is 782 g/mol. The predicted octanol–water partition coefficient (Wildman–Crippen LogP) is 16.4. The molecule has 1 aliphatic carbocycles. The van der Waals surface area contributed by atoms with Gasteiger partial charge in [-0.2, -0.15) is 0 Å². The highest BCUT2D eigenvalue weighted by atomic mass is 15.1. The molecule has 0 aromatic heterocycles. The van der Waals surface area contributed by atoms with Crippen LogP contribution in [0.4, 0.5) is 34.1 Å². The van der Waals surface area contributed by atoms with Gasteiger partial charge < -0.3 is 9.80 Å². The van der Waals surface area contributed by atoms with E-state index in [0.29, 0.717) is 0 Å². The van der Waals surface area contributed by atoms with Crippen molar-refractivity contribution in [2.24, 2.45) is 0 Å². The van der Waals surface area contributed by atoms with Gasteiger partial charge in [0.25, 0.3) is 0 Å². The standard InChI is InChI=1S/C59H46N2/c1-59(2)57-41-44(24-23-43-25-32-51(33-26-43)60(49-19-11-5-12-20-49)50-21-13-6-14-22-50)27-39-55(57)56-40-38-54(42-58(56)59)61(52-34-28-47(29-35-52)45-15-7-3-8-16-45)53-36-30-48(31-37-53)46-17-9-4-10-18-46/h3-42H,1-2H3. The molecule has 2 nitrogen and oxygen atoms in total. The molecule has 0 amide bonds. The zero-order valence-electron chi connectivity index (χ0n) is 34.5. The van der Waals surface area contributed by atoms with Crippen LogP contribution in [0.1, 0.15) is 36.1 Å². The Morgan fingerprint density at radius 3 is 1.11 bits per heavy atom. The van der Waals surface area contributed by atoms with E-state index in [2.05, 4.69) is 266 Å². The van der Waals surface area contributed by atoms with Crippen LogP contribution >= 0.6 is 0 Å². The zero-order chi connectivity index (χ0) is 41.2. The topological polar surface area (TPSA) is 6.48 Å². The molecule has 0 aliphatic heterocycles. The van der Waals surface area contributed by atoms with Crippen molar-refractivity contribution in [2.45, 2.75) is 19.3 Å². The molecule has 0 saturated carbocycles. The van der Waals surface area contributed by atoms with Gasteiger partial charge in [-0.25, -0.2) is 0 Å². The molecule has 0 unspecified atom stereocenters. The van der Waals surface area contributed by atoms with Gasteiger partial charge in [0.2, 0.25) is 0 Å². The van der Waals surface area contributed by atoms with Crippen molar-refractivity contribution in [2.75, 3.05) is 9.80 Å². The average molecular weight is 783 g/mol. The maximum absolute atomic E-state index is 2.41. The summed E-state index contributed by atoms with van der Waals surface area (Å²) < 4.78 is 0. The fourth-order valence-corrected chi connectivity index (χ4v) is 8.83. The number of fused-ring (bicyclic) bond motifs is 3. The number of benzene rings is 9. The van der Waals surface area contributed by atoms with Gasteiger partial charge in [0.05, 0.1) is 0 Å². The molecule has 0 saturated heterocycles. The first-order valence-corrected chi connectivity index (χ1v) is 21.1. The van der Waals surface area contributed by atoms with Crippen molar-refractivity contribution in [3.8, 4) is 33.4 Å². The summed E-state index contributed by atoms with van der Waals surface area (Å²) in [6.07, 6.45) is 4.46. The number of nitrogens with zero attached hydrogens (tertiary/aromatic N) is 2. The van der Waals surface area contributed by atoms with E-state index in [4.69, 9.17) is 0 Å². The number of rotatable bonds is 10. The lowest BCUT2D eigenvalue weighted by Crippen LogP contribution is -2.16. The van der Waals surface area contributed by atoms with E-state index in [1.807, 2.05) is 0 Å². The molecular formula is C59H46N2. The van der Waals surface area contributed by atoms with Gasteiger partial charge in [-0.15, -0.1) is 0 Å². The van der Waals surface area contributed by atoms with Gasteiger partial charge in [-0.1, -0.05) is 184 Å². The van der Waals surface area contributed by atoms with Crippen molar-refractivity contribution < 1.29 is 0 Å². The summed E-state index contributed by atoms with van der Waals surface area (Å²) in [6, 6.07) is 83.0. The number of hydrogen-bond donors (Lipinski definition) is 0. The van der Waals surface area contributed by atoms with Gasteiger partial charge in [-0.05, 0) is 128 Å². The summed E-state index contributed by atoms with van der Waals surface area (Å²) >= 11 is 0. The summed E-state index contributed by atoms with van der Waals surface area (Å²) in [4.78, 5) is 4.68. The Bertz CT molecular complexity index is 2810. The van der Waals surface area contributed by atoms with E-state index < -0.39 is 0 Å². The lowest BCUT2D eigenvalue weighted by molar-refractivity contribution is 0.660. The van der Waals surface area contributed by atoms with Crippen LogP contribution in [0.25, 0.3) is 45.5 Å². The normalized spacial score (nSPS) is 12.5. The van der Waals surface area contributed by atoms with Crippen LogP contribution in [-0.4, -0.2) is 0 Å². The first-order valence-electron chi connectivity index (χ1n) is 21.1. The van der Waals surface area contributed by atoms with Crippen molar-refractivity contribution in [3.05, 3.63) is 253 Å². The van der Waals surface area contributed by atoms with Crippen LogP contribution in [0.15, 0.2) is 231 Å². The Morgan fingerprint density at radius 1 is 0.295 bits per heavy atom. The second-order valence-electron chi connectivity index (χ2n) is 16.3. The lowest BCUT2D eigenvalue weighted by atomic mass is 9.81. The second-order valence-corrected chi connectivity index (χ2v) is 16.3. The highest BCUT2D eigenvalue weighted by Gasteiger charge is 2.36. The molecule has 0 heterocycles. The van der Waals surface area contributed by atoms with E-state index >= 15 is 0 Å². The van der Waals surface area contributed by atoms with Crippen molar-refractivity contribution in [1.29, 1.82) is 0 Å². The molecular weight excluding hydrogens is 737 g/mol. The fourth-order valence-electron chi connectivity index (χ4n) is 8.83. The van der Waals surface area contributed by atoms with E-state index in [0.717, 1.165) is 39.7 Å². The summed E-state index contributed by atoms with van der Waals surface area (Å²) in [7, 11) is 0. The van der Waals surface area contributed by atoms with Gasteiger partial charge >= 0.3 is 0 Å². The van der Waals surface area contributed by atoms with E-state index in [1.165, 1.54) is 50.1 Å². The maximum Gasteiger partial charge on any atom is 0.0465 e. The molecule has 2 heteroatoms. The van der Waals surface area contributed by atoms with Crippen molar-refractivity contribution in [3.63, 3.8) is 0 Å². The molecule has 0 spiro atoms. The summed E-state index contributed by atoms with van der Waals surface area (Å²) in [5.74, 6) is 0. The molecule has 0 fully saturated rings. The van der Waals surface area contributed by atoms with E-state index in [9.17, 15) is 0 Å². The third kappa shape index (κ3) is 7.45. The van der Waals surface area contributed by atoms with Gasteiger partial charge in [0, 0.05) is 39.5 Å². The van der Waals surface area contributed by atoms with Crippen LogP contribution in [0.2, 0.25) is 0 Å². The third-order valence-corrected chi connectivity index (χ3v) is 12.1. The number of anilines is 6. The molecule has 0 radical (unpaired) electrons. The highest BCUT2D eigenvalue weighted by molar-refractivity contribution is 5.88. The third-order valence-electron chi connectivity index (χ3n) is 12.1. The average Bonchev–Trinajstić information content (AvgIpc) is 3.55. The molecule has 9 aromatic rings. The predicted molar refractivity (Wildman–Crippen MR) is 260 cm³/mol. The van der Waals surface area contributed by atoms with Crippen LogP contribution in [-0.2, 0) is 5.41 Å². The SMILES string of the molecule is CC1(C)c2cc(C=Cc3ccc(N(c4ccccc4)c4ccccc4)cc3)ccc2-c2ccc(N(c3ccc(-c4ccccc4)cc3)c3ccc(-c4ccccc4)cc3)cc21. The zero-order valence-corrected chi connectivity index (χ0v) is 34.5. The Morgan fingerprint density at radius 2 is 0.623 bits per heavy atom. The minimum absolute atomic E-state index is 0.190. The summed E-state index contributed by atoms with van der Waals surface area (Å²) in [5.41, 5.74) is 19.1. The largest absolute Gasteiger partial charge is 0.311 e. The van der Waals surface area contributed by atoms with Gasteiger partial charge in [0.15, 0.2) is 0 Å². The van der Waals surface area contributed by atoms with Gasteiger partial charge in [0.1, 0.15) is 0 Å². The van der Waals surface area contributed by atoms with E-state index in [-0.39, 0.29) is 5.41 Å². The Labute approximate surface area is 360 Å². The summed E-state index contributed by atoms with van der Waals surface area (Å²) in [6.45, 7) is 4.74. The Hall–Kier alpha value is -7.68. The quantitative estimate of drug-likeness (QED) is 0.128. The molecule has 10 rings (SSSR count). The smallest absolute Gasteiger partial charge is 0.0465 e. The van der Waals surface area contributed by atoms with Crippen molar-refractivity contribution >= 4 is 46.3 Å². The highest BCUT2D eigenvalue weighted by Crippen LogP contribution is 2.51. The number of hydrogen-bond acceptors (Lipinski definition) is 2. The Kier molecular flexibility index (Phi) is 9.96. The molecule has 61 heavy (non-hydrogen) atoms. The van der Waals surface area contributed by atoms with Crippen LogP contribution < -0.4 is 9.80 Å². The molecule has 292 valence electrons. The molecule has 0 bridgehead atoms. The molecule has 9 aromatic carbocycles. The minimum atomic E-state index is -0.190. The van der Waals surface area contributed by atoms with Crippen LogP contribution in [0.5, 0.6) is 0 Å². The lowest BCUT2D eigenvalue weighted by Gasteiger charge is -2.28. The number of para-hydroxylation sites is 2. The minimum Gasteiger partial charge on any atom is -0.311 e. The van der Waals surface area contributed by atoms with Crippen LogP contribution in [0.3, 0.4) is 0 Å². The molecule has 1 aliphatic rings. The van der Waals surface area contributed by atoms with Gasteiger partial charge in [-0.3, -0.25) is 0 Å². The second kappa shape index (κ2) is 16.2. The maximum atomic E-state index is 2.41. The Balaban J connectivity index is 0.947. The first-order chi connectivity index (χ1) is 30.0.